The van der Waals surface area contributed by atoms with Gasteiger partial charge in [-0.2, -0.15) is 0 Å². The molecule has 1 aromatic heterocycles. The third-order valence-electron chi connectivity index (χ3n) is 5.27. The number of thiophene rings is 1. The van der Waals surface area contributed by atoms with Crippen LogP contribution in [-0.4, -0.2) is 23.3 Å². The molecule has 0 aliphatic carbocycles. The second kappa shape index (κ2) is 11.8. The van der Waals surface area contributed by atoms with Crippen LogP contribution in [0, 0.1) is 10.1 Å². The van der Waals surface area contributed by atoms with Gasteiger partial charge in [0.05, 0.1) is 16.4 Å². The van der Waals surface area contributed by atoms with Crippen molar-refractivity contribution >= 4 is 45.2 Å². The van der Waals surface area contributed by atoms with E-state index < -0.39 is 10.9 Å². The zero-order chi connectivity index (χ0) is 26.2. The highest BCUT2D eigenvalue weighted by atomic mass is 32.1. The van der Waals surface area contributed by atoms with Crippen LogP contribution in [0.4, 0.5) is 22.1 Å². The number of ketones is 1. The third kappa shape index (κ3) is 6.09. The molecule has 0 aliphatic heterocycles. The number of non-ortho nitro benzene ring substituents is 1. The Morgan fingerprint density at radius 2 is 1.59 bits per heavy atom. The Balaban J connectivity index is 1.72. The van der Waals surface area contributed by atoms with Gasteiger partial charge < -0.3 is 15.4 Å². The van der Waals surface area contributed by atoms with Crippen LogP contribution in [0.5, 0.6) is 0 Å². The summed E-state index contributed by atoms with van der Waals surface area (Å²) in [6, 6.07) is 24.4. The molecule has 0 saturated carbocycles. The summed E-state index contributed by atoms with van der Waals surface area (Å²) >= 11 is 1.17. The number of allylic oxidation sites excluding steroid dienone is 1. The van der Waals surface area contributed by atoms with Crippen molar-refractivity contribution in [1.29, 1.82) is 0 Å². The SMILES string of the molecule is CCOC(=O)c1c(Nc2ccccc2)sc(C(=O)/C=C\Nc2ccc([N+](=O)[O-])cc2)c1-c1ccccc1. The number of nitrogens with one attached hydrogen (secondary N) is 2. The normalized spacial score (nSPS) is 10.7. The van der Waals surface area contributed by atoms with E-state index in [0.717, 1.165) is 5.69 Å². The molecule has 0 spiro atoms. The molecule has 1 heterocycles. The fraction of sp³-hybridized carbons (Fsp3) is 0.0714. The summed E-state index contributed by atoms with van der Waals surface area (Å²) < 4.78 is 5.37. The van der Waals surface area contributed by atoms with E-state index in [9.17, 15) is 19.7 Å². The monoisotopic (exact) mass is 513 g/mol. The van der Waals surface area contributed by atoms with Crippen LogP contribution < -0.4 is 10.6 Å². The van der Waals surface area contributed by atoms with Gasteiger partial charge in [-0.15, -0.1) is 11.3 Å². The Hall–Kier alpha value is -4.76. The van der Waals surface area contributed by atoms with Gasteiger partial charge in [0, 0.05) is 41.3 Å². The standard InChI is InChI=1S/C28H23N3O5S/c1-2-36-28(33)25-24(19-9-5-3-6-10-19)26(37-27(25)30-21-11-7-4-8-12-21)23(32)17-18-29-20-13-15-22(16-14-20)31(34)35/h3-18,29-30H,2H2,1H3/b18-17-. The largest absolute Gasteiger partial charge is 0.462 e. The van der Waals surface area contributed by atoms with Crippen LogP contribution in [0.15, 0.2) is 97.2 Å². The number of rotatable bonds is 10. The predicted molar refractivity (Wildman–Crippen MR) is 146 cm³/mol. The molecular weight excluding hydrogens is 490 g/mol. The number of carbonyl (C=O) groups is 2. The molecule has 9 heteroatoms. The maximum atomic E-state index is 13.4. The lowest BCUT2D eigenvalue weighted by atomic mass is 9.99. The summed E-state index contributed by atoms with van der Waals surface area (Å²) in [5, 5.41) is 17.6. The van der Waals surface area contributed by atoms with E-state index in [1.807, 2.05) is 60.7 Å². The first-order valence-corrected chi connectivity index (χ1v) is 12.2. The molecule has 186 valence electrons. The van der Waals surface area contributed by atoms with Crippen molar-refractivity contribution in [3.8, 4) is 11.1 Å². The second-order valence-corrected chi connectivity index (χ2v) is 8.75. The molecule has 2 N–H and O–H groups in total. The van der Waals surface area contributed by atoms with Crippen molar-refractivity contribution in [2.45, 2.75) is 6.92 Å². The van der Waals surface area contributed by atoms with Crippen molar-refractivity contribution in [2.24, 2.45) is 0 Å². The summed E-state index contributed by atoms with van der Waals surface area (Å²) in [7, 11) is 0. The van der Waals surface area contributed by atoms with E-state index in [4.69, 9.17) is 4.74 Å². The number of benzene rings is 3. The van der Waals surface area contributed by atoms with Gasteiger partial charge >= 0.3 is 5.97 Å². The van der Waals surface area contributed by atoms with E-state index in [0.29, 0.717) is 32.3 Å². The zero-order valence-corrected chi connectivity index (χ0v) is 20.7. The average Bonchev–Trinajstić information content (AvgIpc) is 3.29. The van der Waals surface area contributed by atoms with E-state index in [-0.39, 0.29) is 18.1 Å². The summed E-state index contributed by atoms with van der Waals surface area (Å²) in [6.07, 6.45) is 2.83. The highest BCUT2D eigenvalue weighted by molar-refractivity contribution is 7.19. The maximum Gasteiger partial charge on any atom is 0.341 e. The van der Waals surface area contributed by atoms with Gasteiger partial charge in [0.1, 0.15) is 10.6 Å². The minimum atomic E-state index is -0.525. The van der Waals surface area contributed by atoms with Gasteiger partial charge in [0.2, 0.25) is 0 Å². The van der Waals surface area contributed by atoms with E-state index in [1.165, 1.54) is 35.7 Å². The van der Waals surface area contributed by atoms with Crippen LogP contribution in [0.25, 0.3) is 11.1 Å². The quantitative estimate of drug-likeness (QED) is 0.0768. The molecule has 0 unspecified atom stereocenters. The first kappa shape index (κ1) is 25.3. The molecule has 8 nitrogen and oxygen atoms in total. The molecule has 0 bridgehead atoms. The fourth-order valence-corrected chi connectivity index (χ4v) is 4.74. The molecule has 37 heavy (non-hydrogen) atoms. The summed E-state index contributed by atoms with van der Waals surface area (Å²) in [4.78, 5) is 37.2. The average molecular weight is 514 g/mol. The number of hydrogen-bond acceptors (Lipinski definition) is 8. The fourth-order valence-electron chi connectivity index (χ4n) is 3.59. The Kier molecular flexibility index (Phi) is 8.07. The van der Waals surface area contributed by atoms with Gasteiger partial charge in [-0.25, -0.2) is 4.79 Å². The van der Waals surface area contributed by atoms with Crippen molar-refractivity contribution in [3.05, 3.63) is 118 Å². The van der Waals surface area contributed by atoms with Gasteiger partial charge in [-0.1, -0.05) is 48.5 Å². The van der Waals surface area contributed by atoms with Crippen LogP contribution in [0.3, 0.4) is 0 Å². The summed E-state index contributed by atoms with van der Waals surface area (Å²) in [5.41, 5.74) is 2.82. The predicted octanol–water partition coefficient (Wildman–Crippen LogP) is 7.05. The van der Waals surface area contributed by atoms with Gasteiger partial charge in [-0.05, 0) is 36.8 Å². The Morgan fingerprint density at radius 3 is 2.22 bits per heavy atom. The minimum absolute atomic E-state index is 0.0263. The zero-order valence-electron chi connectivity index (χ0n) is 19.8. The van der Waals surface area contributed by atoms with Gasteiger partial charge in [-0.3, -0.25) is 14.9 Å². The Bertz CT molecular complexity index is 1430. The number of carbonyl (C=O) groups excluding carboxylic acids is 2. The highest BCUT2D eigenvalue weighted by Gasteiger charge is 2.28. The lowest BCUT2D eigenvalue weighted by Crippen LogP contribution is -2.08. The minimum Gasteiger partial charge on any atom is -0.462 e. The number of nitro benzene ring substituents is 1. The maximum absolute atomic E-state index is 13.4. The van der Waals surface area contributed by atoms with Crippen molar-refractivity contribution in [1.82, 2.24) is 0 Å². The molecule has 0 atom stereocenters. The Labute approximate surface area is 217 Å². The molecule has 0 amide bonds. The number of nitro groups is 1. The number of nitrogens with zero attached hydrogens (tertiary/aromatic N) is 1. The lowest BCUT2D eigenvalue weighted by molar-refractivity contribution is -0.384. The number of ether oxygens (including phenoxy) is 1. The first-order chi connectivity index (χ1) is 18.0. The van der Waals surface area contributed by atoms with Crippen molar-refractivity contribution < 1.29 is 19.2 Å². The molecular formula is C28H23N3O5S. The van der Waals surface area contributed by atoms with Crippen LogP contribution in [0.2, 0.25) is 0 Å². The van der Waals surface area contributed by atoms with E-state index in [1.54, 1.807) is 19.1 Å². The van der Waals surface area contributed by atoms with Crippen LogP contribution in [-0.2, 0) is 4.74 Å². The molecule has 0 saturated heterocycles. The highest BCUT2D eigenvalue weighted by Crippen LogP contribution is 2.42. The van der Waals surface area contributed by atoms with Crippen molar-refractivity contribution in [2.75, 3.05) is 17.2 Å². The molecule has 0 aliphatic rings. The number of anilines is 3. The van der Waals surface area contributed by atoms with Gasteiger partial charge in [0.15, 0.2) is 5.78 Å². The molecule has 4 aromatic rings. The Morgan fingerprint density at radius 1 is 0.946 bits per heavy atom. The summed E-state index contributed by atoms with van der Waals surface area (Å²) in [6.45, 7) is 1.92. The lowest BCUT2D eigenvalue weighted by Gasteiger charge is -2.10. The van der Waals surface area contributed by atoms with Gasteiger partial charge in [0.25, 0.3) is 5.69 Å². The smallest absolute Gasteiger partial charge is 0.341 e. The number of esters is 1. The molecule has 3 aromatic carbocycles. The number of hydrogen-bond donors (Lipinski definition) is 2. The summed E-state index contributed by atoms with van der Waals surface area (Å²) in [5.74, 6) is -0.840. The van der Waals surface area contributed by atoms with E-state index >= 15 is 0 Å². The third-order valence-corrected chi connectivity index (χ3v) is 6.39. The number of para-hydroxylation sites is 1. The van der Waals surface area contributed by atoms with Crippen LogP contribution in [0.1, 0.15) is 27.0 Å². The molecule has 4 rings (SSSR count). The van der Waals surface area contributed by atoms with Crippen LogP contribution >= 0.6 is 11.3 Å². The molecule has 0 fully saturated rings. The molecule has 0 radical (unpaired) electrons. The van der Waals surface area contributed by atoms with Crippen molar-refractivity contribution in [3.63, 3.8) is 0 Å². The topological polar surface area (TPSA) is 111 Å². The van der Waals surface area contributed by atoms with E-state index in [2.05, 4.69) is 10.6 Å². The second-order valence-electron chi connectivity index (χ2n) is 7.73. The first-order valence-electron chi connectivity index (χ1n) is 11.4.